The van der Waals surface area contributed by atoms with Crippen LogP contribution in [0.25, 0.3) is 44.9 Å². The molecule has 5 aromatic rings. The minimum atomic E-state index is -2.86. The minimum absolute atomic E-state index is 0.168. The summed E-state index contributed by atoms with van der Waals surface area (Å²) in [6.45, 7) is 0. The van der Waals surface area contributed by atoms with Crippen LogP contribution in [-0.4, -0.2) is 25.7 Å². The third-order valence-corrected chi connectivity index (χ3v) is 6.54. The van der Waals surface area contributed by atoms with Crippen molar-refractivity contribution in [3.8, 4) is 33.8 Å². The minimum Gasteiger partial charge on any atom is -0.438 e. The monoisotopic (exact) mass is 474 g/mol. The molecule has 1 fully saturated rings. The number of furan rings is 1. The fraction of sp³-hybridized carbons (Fsp3) is 0.222. The molecule has 1 unspecified atom stereocenters. The van der Waals surface area contributed by atoms with E-state index in [-0.39, 0.29) is 12.2 Å². The number of alkyl halides is 2. The van der Waals surface area contributed by atoms with Crippen molar-refractivity contribution in [2.75, 3.05) is 0 Å². The molecule has 8 heteroatoms. The SMILES string of the molecule is Fc1ccc(-c2nn(C3CCCCC3(F)F)cc2-c2ncnc3oc(-c4ccccc4)cc23)cc1. The summed E-state index contributed by atoms with van der Waals surface area (Å²) in [6, 6.07) is 16.2. The molecule has 0 aliphatic heterocycles. The Kier molecular flexibility index (Phi) is 5.16. The lowest BCUT2D eigenvalue weighted by Crippen LogP contribution is -2.34. The summed E-state index contributed by atoms with van der Waals surface area (Å²) in [6.07, 6.45) is 4.38. The van der Waals surface area contributed by atoms with Crippen LogP contribution in [0.2, 0.25) is 0 Å². The highest BCUT2D eigenvalue weighted by molar-refractivity contribution is 5.95. The zero-order valence-electron chi connectivity index (χ0n) is 18.7. The van der Waals surface area contributed by atoms with Crippen LogP contribution in [0.3, 0.4) is 0 Å². The first-order valence-corrected chi connectivity index (χ1v) is 11.5. The molecule has 5 nitrogen and oxygen atoms in total. The molecule has 0 N–H and O–H groups in total. The van der Waals surface area contributed by atoms with Gasteiger partial charge in [-0.05, 0) is 43.2 Å². The van der Waals surface area contributed by atoms with Crippen molar-refractivity contribution < 1.29 is 17.6 Å². The summed E-state index contributed by atoms with van der Waals surface area (Å²) >= 11 is 0. The molecule has 3 aromatic heterocycles. The Morgan fingerprint density at radius 3 is 2.49 bits per heavy atom. The zero-order chi connectivity index (χ0) is 24.0. The predicted octanol–water partition coefficient (Wildman–Crippen LogP) is 7.31. The van der Waals surface area contributed by atoms with E-state index < -0.39 is 12.0 Å². The molecule has 0 amide bonds. The van der Waals surface area contributed by atoms with E-state index in [1.165, 1.54) is 23.1 Å². The highest BCUT2D eigenvalue weighted by Crippen LogP contribution is 2.44. The molecule has 0 saturated heterocycles. The predicted molar refractivity (Wildman–Crippen MR) is 126 cm³/mol. The van der Waals surface area contributed by atoms with Gasteiger partial charge in [-0.15, -0.1) is 0 Å². The fourth-order valence-corrected chi connectivity index (χ4v) is 4.76. The second-order valence-electron chi connectivity index (χ2n) is 8.82. The summed E-state index contributed by atoms with van der Waals surface area (Å²) in [5.74, 6) is -2.63. The van der Waals surface area contributed by atoms with Gasteiger partial charge in [-0.25, -0.2) is 23.1 Å². The Labute approximate surface area is 199 Å². The van der Waals surface area contributed by atoms with Crippen LogP contribution in [0.5, 0.6) is 0 Å². The number of hydrogen-bond donors (Lipinski definition) is 0. The number of nitrogens with zero attached hydrogens (tertiary/aromatic N) is 4. The molecule has 176 valence electrons. The largest absolute Gasteiger partial charge is 0.438 e. The third kappa shape index (κ3) is 3.88. The van der Waals surface area contributed by atoms with Crippen LogP contribution >= 0.6 is 0 Å². The number of benzene rings is 2. The first kappa shape index (κ1) is 21.6. The van der Waals surface area contributed by atoms with Crippen molar-refractivity contribution in [1.82, 2.24) is 19.7 Å². The molecule has 0 radical (unpaired) electrons. The Morgan fingerprint density at radius 1 is 0.914 bits per heavy atom. The topological polar surface area (TPSA) is 56.7 Å². The third-order valence-electron chi connectivity index (χ3n) is 6.54. The van der Waals surface area contributed by atoms with E-state index >= 15 is 0 Å². The summed E-state index contributed by atoms with van der Waals surface area (Å²) in [5, 5.41) is 5.24. The average molecular weight is 474 g/mol. The van der Waals surface area contributed by atoms with Gasteiger partial charge >= 0.3 is 0 Å². The van der Waals surface area contributed by atoms with Gasteiger partial charge in [-0.3, -0.25) is 4.68 Å². The second kappa shape index (κ2) is 8.37. The van der Waals surface area contributed by atoms with Gasteiger partial charge in [-0.2, -0.15) is 5.10 Å². The number of rotatable bonds is 4. The molecule has 1 saturated carbocycles. The smallest absolute Gasteiger partial charge is 0.270 e. The highest BCUT2D eigenvalue weighted by Gasteiger charge is 2.43. The van der Waals surface area contributed by atoms with Crippen LogP contribution in [0.4, 0.5) is 13.2 Å². The molecule has 1 aliphatic rings. The van der Waals surface area contributed by atoms with Gasteiger partial charge in [0.15, 0.2) is 0 Å². The van der Waals surface area contributed by atoms with Gasteiger partial charge in [0.05, 0.1) is 11.1 Å². The maximum atomic E-state index is 14.8. The van der Waals surface area contributed by atoms with Gasteiger partial charge in [0, 0.05) is 29.3 Å². The van der Waals surface area contributed by atoms with E-state index in [4.69, 9.17) is 4.42 Å². The number of hydrogen-bond acceptors (Lipinski definition) is 4. The van der Waals surface area contributed by atoms with Crippen molar-refractivity contribution in [3.63, 3.8) is 0 Å². The molecule has 35 heavy (non-hydrogen) atoms. The molecule has 2 aromatic carbocycles. The van der Waals surface area contributed by atoms with Crippen molar-refractivity contribution in [1.29, 1.82) is 0 Å². The van der Waals surface area contributed by atoms with Crippen LogP contribution in [0, 0.1) is 5.82 Å². The lowest BCUT2D eigenvalue weighted by molar-refractivity contribution is -0.0817. The van der Waals surface area contributed by atoms with Crippen molar-refractivity contribution >= 4 is 11.1 Å². The average Bonchev–Trinajstić information content (AvgIpc) is 3.50. The summed E-state index contributed by atoms with van der Waals surface area (Å²) < 4.78 is 50.7. The quantitative estimate of drug-likeness (QED) is 0.274. The highest BCUT2D eigenvalue weighted by atomic mass is 19.3. The van der Waals surface area contributed by atoms with Gasteiger partial charge in [-0.1, -0.05) is 36.8 Å². The normalized spacial score (nSPS) is 17.6. The van der Waals surface area contributed by atoms with Crippen molar-refractivity contribution in [2.24, 2.45) is 0 Å². The van der Waals surface area contributed by atoms with Crippen LogP contribution in [0.1, 0.15) is 31.7 Å². The maximum absolute atomic E-state index is 14.8. The summed E-state index contributed by atoms with van der Waals surface area (Å²) in [4.78, 5) is 8.77. The zero-order valence-corrected chi connectivity index (χ0v) is 18.7. The number of fused-ring (bicyclic) bond motifs is 1. The number of halogens is 3. The molecular formula is C27H21F3N4O. The van der Waals surface area contributed by atoms with E-state index in [0.717, 1.165) is 5.56 Å². The van der Waals surface area contributed by atoms with E-state index in [0.29, 0.717) is 58.6 Å². The Bertz CT molecular complexity index is 1490. The van der Waals surface area contributed by atoms with Crippen LogP contribution in [0.15, 0.2) is 77.6 Å². The Morgan fingerprint density at radius 2 is 1.71 bits per heavy atom. The maximum Gasteiger partial charge on any atom is 0.270 e. The first-order valence-electron chi connectivity index (χ1n) is 11.5. The molecule has 0 spiro atoms. The van der Waals surface area contributed by atoms with E-state index in [1.807, 2.05) is 36.4 Å². The van der Waals surface area contributed by atoms with Gasteiger partial charge < -0.3 is 4.42 Å². The molecule has 1 aliphatic carbocycles. The lowest BCUT2D eigenvalue weighted by Gasteiger charge is -2.31. The van der Waals surface area contributed by atoms with Crippen molar-refractivity contribution in [2.45, 2.75) is 37.6 Å². The molecular weight excluding hydrogens is 453 g/mol. The summed E-state index contributed by atoms with van der Waals surface area (Å²) in [5.41, 5.74) is 3.41. The van der Waals surface area contributed by atoms with Gasteiger partial charge in [0.25, 0.3) is 5.92 Å². The lowest BCUT2D eigenvalue weighted by atomic mass is 9.92. The van der Waals surface area contributed by atoms with E-state index in [9.17, 15) is 13.2 Å². The second-order valence-corrected chi connectivity index (χ2v) is 8.82. The van der Waals surface area contributed by atoms with E-state index in [2.05, 4.69) is 15.1 Å². The van der Waals surface area contributed by atoms with Gasteiger partial charge in [0.2, 0.25) is 5.71 Å². The summed E-state index contributed by atoms with van der Waals surface area (Å²) in [7, 11) is 0. The Hall–Kier alpha value is -3.94. The standard InChI is InChI=1S/C27H21F3N4O/c28-19-11-9-18(10-12-19)24-21(15-34(33-24)23-8-4-5-13-27(23,29)30)25-20-14-22(17-6-2-1-3-7-17)35-26(20)32-16-31-25/h1-3,6-7,9-12,14-16,23H,4-5,8,13H2. The first-order chi connectivity index (χ1) is 17.0. The molecule has 3 heterocycles. The fourth-order valence-electron chi connectivity index (χ4n) is 4.76. The molecule has 1 atom stereocenters. The number of aromatic nitrogens is 4. The Balaban J connectivity index is 1.54. The van der Waals surface area contributed by atoms with Crippen molar-refractivity contribution in [3.05, 3.63) is 79.0 Å². The molecule has 0 bridgehead atoms. The van der Waals surface area contributed by atoms with Gasteiger partial charge in [0.1, 0.15) is 29.6 Å². The van der Waals surface area contributed by atoms with E-state index in [1.54, 1.807) is 18.3 Å². The molecule has 6 rings (SSSR count). The van der Waals surface area contributed by atoms with Crippen LogP contribution < -0.4 is 0 Å². The van der Waals surface area contributed by atoms with Crippen LogP contribution in [-0.2, 0) is 0 Å².